The lowest BCUT2D eigenvalue weighted by Crippen LogP contribution is -2.39. The van der Waals surface area contributed by atoms with Gasteiger partial charge in [0.1, 0.15) is 5.01 Å². The number of halogens is 2. The van der Waals surface area contributed by atoms with Crippen LogP contribution in [0.15, 0.2) is 5.38 Å². The number of amides is 1. The minimum atomic E-state index is 0. The third-order valence-electron chi connectivity index (χ3n) is 4.15. The zero-order valence-corrected chi connectivity index (χ0v) is 14.6. The molecule has 3 heterocycles. The molecule has 2 bridgehead atoms. The first-order valence-electron chi connectivity index (χ1n) is 7.13. The summed E-state index contributed by atoms with van der Waals surface area (Å²) in [5.74, 6) is 0.746. The zero-order chi connectivity index (χ0) is 13.2. The van der Waals surface area contributed by atoms with Gasteiger partial charge in [0, 0.05) is 29.6 Å². The average Bonchev–Trinajstić information content (AvgIpc) is 2.93. The maximum Gasteiger partial charge on any atom is 0.220 e. The Morgan fingerprint density at radius 2 is 2.05 bits per heavy atom. The highest BCUT2D eigenvalue weighted by molar-refractivity contribution is 7.09. The Morgan fingerprint density at radius 1 is 1.38 bits per heavy atom. The predicted molar refractivity (Wildman–Crippen MR) is 90.5 cm³/mol. The number of thiazole rings is 1. The number of nitrogens with one attached hydrogen (secondary N) is 2. The Hall–Kier alpha value is -0.360. The van der Waals surface area contributed by atoms with E-state index in [1.165, 1.54) is 25.7 Å². The number of hydrogen-bond donors (Lipinski definition) is 2. The van der Waals surface area contributed by atoms with Crippen molar-refractivity contribution in [3.05, 3.63) is 16.1 Å². The van der Waals surface area contributed by atoms with Gasteiger partial charge in [-0.2, -0.15) is 0 Å². The van der Waals surface area contributed by atoms with Crippen molar-refractivity contribution in [2.75, 3.05) is 0 Å². The summed E-state index contributed by atoms with van der Waals surface area (Å²) < 4.78 is 0. The molecule has 1 aromatic rings. The van der Waals surface area contributed by atoms with Crippen molar-refractivity contribution in [3.63, 3.8) is 0 Å². The van der Waals surface area contributed by atoms with Gasteiger partial charge in [-0.1, -0.05) is 0 Å². The second kappa shape index (κ2) is 8.32. The quantitative estimate of drug-likeness (QED) is 0.876. The SMILES string of the molecule is Cc1csc(CNC(=O)CC2CC3CCC(C2)N3)n1.Cl.Cl. The standard InChI is InChI=1S/C14H21N3OS.2ClH/c1-9-8-19-14(16-9)7-15-13(18)6-10-4-11-2-3-12(5-10)17-11;;/h8,10-12,17H,2-7H2,1H3,(H,15,18);2*1H. The van der Waals surface area contributed by atoms with Gasteiger partial charge in [-0.15, -0.1) is 36.2 Å². The molecule has 1 aromatic heterocycles. The minimum absolute atomic E-state index is 0. The molecule has 0 saturated carbocycles. The summed E-state index contributed by atoms with van der Waals surface area (Å²) in [7, 11) is 0. The van der Waals surface area contributed by atoms with E-state index in [-0.39, 0.29) is 30.7 Å². The highest BCUT2D eigenvalue weighted by Crippen LogP contribution is 2.32. The van der Waals surface area contributed by atoms with E-state index in [9.17, 15) is 4.79 Å². The summed E-state index contributed by atoms with van der Waals surface area (Å²) in [6.45, 7) is 2.56. The van der Waals surface area contributed by atoms with Gasteiger partial charge in [-0.25, -0.2) is 4.98 Å². The number of fused-ring (bicyclic) bond motifs is 2. The van der Waals surface area contributed by atoms with Crippen molar-refractivity contribution in [1.82, 2.24) is 15.6 Å². The van der Waals surface area contributed by atoms with Crippen molar-refractivity contribution >= 4 is 42.1 Å². The summed E-state index contributed by atoms with van der Waals surface area (Å²) in [6.07, 6.45) is 5.60. The topological polar surface area (TPSA) is 54.0 Å². The van der Waals surface area contributed by atoms with Gasteiger partial charge in [0.15, 0.2) is 0 Å². The molecule has 2 saturated heterocycles. The van der Waals surface area contributed by atoms with Crippen LogP contribution in [-0.4, -0.2) is 23.0 Å². The first-order chi connectivity index (χ1) is 9.19. The van der Waals surface area contributed by atoms with Gasteiger partial charge in [0.2, 0.25) is 5.91 Å². The van der Waals surface area contributed by atoms with Crippen LogP contribution in [-0.2, 0) is 11.3 Å². The molecular weight excluding hydrogens is 329 g/mol. The summed E-state index contributed by atoms with van der Waals surface area (Å²) >= 11 is 1.61. The summed E-state index contributed by atoms with van der Waals surface area (Å²) in [5, 5.41) is 9.63. The molecule has 0 radical (unpaired) electrons. The summed E-state index contributed by atoms with van der Waals surface area (Å²) in [6, 6.07) is 1.33. The number of aromatic nitrogens is 1. The largest absolute Gasteiger partial charge is 0.350 e. The van der Waals surface area contributed by atoms with E-state index in [0.29, 0.717) is 31.0 Å². The van der Waals surface area contributed by atoms with Crippen LogP contribution in [0.3, 0.4) is 0 Å². The molecular formula is C14H23Cl2N3OS. The maximum atomic E-state index is 12.0. The molecule has 7 heteroatoms. The molecule has 120 valence electrons. The third kappa shape index (κ3) is 5.09. The number of rotatable bonds is 4. The Kier molecular flexibility index (Phi) is 7.40. The number of carbonyl (C=O) groups excluding carboxylic acids is 1. The minimum Gasteiger partial charge on any atom is -0.350 e. The molecule has 0 aliphatic carbocycles. The fourth-order valence-corrected chi connectivity index (χ4v) is 4.05. The Bertz CT molecular complexity index is 457. The molecule has 2 unspecified atom stereocenters. The van der Waals surface area contributed by atoms with Gasteiger partial charge in [0.05, 0.1) is 6.54 Å². The van der Waals surface area contributed by atoms with Gasteiger partial charge >= 0.3 is 0 Å². The lowest BCUT2D eigenvalue weighted by molar-refractivity contribution is -0.122. The van der Waals surface area contributed by atoms with Crippen LogP contribution in [0.25, 0.3) is 0 Å². The monoisotopic (exact) mass is 351 g/mol. The van der Waals surface area contributed by atoms with Crippen molar-refractivity contribution in [2.45, 2.75) is 57.7 Å². The van der Waals surface area contributed by atoms with Crippen LogP contribution in [0.5, 0.6) is 0 Å². The number of aryl methyl sites for hydroxylation is 1. The fraction of sp³-hybridized carbons (Fsp3) is 0.714. The first kappa shape index (κ1) is 18.7. The molecule has 2 aliphatic heterocycles. The van der Waals surface area contributed by atoms with E-state index in [0.717, 1.165) is 10.7 Å². The average molecular weight is 352 g/mol. The molecule has 2 N–H and O–H groups in total. The molecule has 1 amide bonds. The van der Waals surface area contributed by atoms with Crippen molar-refractivity contribution in [2.24, 2.45) is 5.92 Å². The van der Waals surface area contributed by atoms with Crippen molar-refractivity contribution < 1.29 is 4.79 Å². The maximum absolute atomic E-state index is 12.0. The van der Waals surface area contributed by atoms with Gasteiger partial charge < -0.3 is 10.6 Å². The number of hydrogen-bond acceptors (Lipinski definition) is 4. The zero-order valence-electron chi connectivity index (χ0n) is 12.1. The van der Waals surface area contributed by atoms with Gasteiger partial charge in [-0.3, -0.25) is 4.79 Å². The molecule has 21 heavy (non-hydrogen) atoms. The number of piperidine rings is 1. The van der Waals surface area contributed by atoms with Crippen LogP contribution in [0.2, 0.25) is 0 Å². The van der Waals surface area contributed by atoms with Crippen molar-refractivity contribution in [3.8, 4) is 0 Å². The highest BCUT2D eigenvalue weighted by atomic mass is 35.5. The smallest absolute Gasteiger partial charge is 0.220 e. The normalized spacial score (nSPS) is 26.6. The second-order valence-electron chi connectivity index (χ2n) is 5.84. The third-order valence-corrected chi connectivity index (χ3v) is 5.11. The van der Waals surface area contributed by atoms with E-state index in [1.807, 2.05) is 12.3 Å². The Morgan fingerprint density at radius 3 is 2.62 bits per heavy atom. The molecule has 0 spiro atoms. The summed E-state index contributed by atoms with van der Waals surface area (Å²) in [4.78, 5) is 16.3. The second-order valence-corrected chi connectivity index (χ2v) is 6.78. The van der Waals surface area contributed by atoms with Crippen molar-refractivity contribution in [1.29, 1.82) is 0 Å². The van der Waals surface area contributed by atoms with E-state index < -0.39 is 0 Å². The summed E-state index contributed by atoms with van der Waals surface area (Å²) in [5.41, 5.74) is 1.03. The Labute approximate surface area is 142 Å². The van der Waals surface area contributed by atoms with E-state index in [2.05, 4.69) is 15.6 Å². The fourth-order valence-electron chi connectivity index (χ4n) is 3.33. The van der Waals surface area contributed by atoms with E-state index in [4.69, 9.17) is 0 Å². The van der Waals surface area contributed by atoms with Crippen LogP contribution in [0, 0.1) is 12.8 Å². The molecule has 3 rings (SSSR count). The molecule has 2 fully saturated rings. The van der Waals surface area contributed by atoms with Gasteiger partial charge in [-0.05, 0) is 38.5 Å². The first-order valence-corrected chi connectivity index (χ1v) is 8.01. The molecule has 4 nitrogen and oxygen atoms in total. The van der Waals surface area contributed by atoms with Crippen LogP contribution >= 0.6 is 36.2 Å². The van der Waals surface area contributed by atoms with E-state index in [1.54, 1.807) is 11.3 Å². The highest BCUT2D eigenvalue weighted by Gasteiger charge is 2.34. The van der Waals surface area contributed by atoms with Crippen LogP contribution in [0.1, 0.15) is 42.8 Å². The molecule has 2 atom stereocenters. The lowest BCUT2D eigenvalue weighted by atomic mass is 9.89. The predicted octanol–water partition coefficient (Wildman–Crippen LogP) is 2.83. The number of nitrogens with zero attached hydrogens (tertiary/aromatic N) is 1. The van der Waals surface area contributed by atoms with Crippen LogP contribution in [0.4, 0.5) is 0 Å². The van der Waals surface area contributed by atoms with Crippen LogP contribution < -0.4 is 10.6 Å². The van der Waals surface area contributed by atoms with Gasteiger partial charge in [0.25, 0.3) is 0 Å². The van der Waals surface area contributed by atoms with E-state index >= 15 is 0 Å². The Balaban J connectivity index is 0.00000110. The molecule has 2 aliphatic rings. The lowest BCUT2D eigenvalue weighted by Gasteiger charge is -2.28. The molecule has 0 aromatic carbocycles. The number of carbonyl (C=O) groups is 1.